The molecule has 0 atom stereocenters. The summed E-state index contributed by atoms with van der Waals surface area (Å²) in [7, 11) is 0. The molecule has 0 bridgehead atoms. The maximum absolute atomic E-state index is 12.8. The van der Waals surface area contributed by atoms with Crippen LogP contribution in [0, 0.1) is 0 Å². The van der Waals surface area contributed by atoms with Gasteiger partial charge in [-0.25, -0.2) is 0 Å². The molecule has 57 heavy (non-hydrogen) atoms. The fraction of sp³-hybridized carbons (Fsp3) is 0.939. The molecule has 1 heterocycles. The smallest absolute Gasteiger partial charge is 0.306 e. The third kappa shape index (κ3) is 34.0. The molecule has 1 aliphatic rings. The van der Waals surface area contributed by atoms with Gasteiger partial charge in [-0.2, -0.15) is 0 Å². The molecule has 8 nitrogen and oxygen atoms in total. The van der Waals surface area contributed by atoms with Crippen molar-refractivity contribution in [2.75, 3.05) is 52.6 Å². The zero-order chi connectivity index (χ0) is 41.3. The number of esters is 1. The van der Waals surface area contributed by atoms with E-state index < -0.39 is 0 Å². The molecule has 0 radical (unpaired) electrons. The molecule has 1 saturated heterocycles. The molecule has 1 rings (SSSR count). The zero-order valence-electron chi connectivity index (χ0n) is 38.1. The first-order valence-corrected chi connectivity index (χ1v) is 24.9. The highest BCUT2D eigenvalue weighted by Gasteiger charge is 2.26. The molecule has 336 valence electrons. The number of morpholine rings is 1. The van der Waals surface area contributed by atoms with E-state index in [1.165, 1.54) is 165 Å². The Kier molecular flexibility index (Phi) is 38.7. The van der Waals surface area contributed by atoms with Crippen molar-refractivity contribution in [2.45, 2.75) is 245 Å². The Balaban J connectivity index is 2.30. The second kappa shape index (κ2) is 41.2. The van der Waals surface area contributed by atoms with Gasteiger partial charge in [-0.3, -0.25) is 19.3 Å². The summed E-state index contributed by atoms with van der Waals surface area (Å²) in [6.07, 6.45) is 40.9. The second-order valence-electron chi connectivity index (χ2n) is 17.2. The molecule has 2 amide bonds. The summed E-state index contributed by atoms with van der Waals surface area (Å²) in [5.74, 6) is -0.417. The van der Waals surface area contributed by atoms with Crippen LogP contribution < -0.4 is 0 Å². The highest BCUT2D eigenvalue weighted by atomic mass is 16.5. The molecule has 0 aromatic heterocycles. The van der Waals surface area contributed by atoms with Gasteiger partial charge in [-0.05, 0) is 83.8 Å². The molecular formula is C49H94N2O6. The fourth-order valence-electron chi connectivity index (χ4n) is 8.01. The summed E-state index contributed by atoms with van der Waals surface area (Å²) in [5, 5.41) is 0. The minimum Gasteiger partial charge on any atom is -0.462 e. The van der Waals surface area contributed by atoms with Crippen LogP contribution in [0.25, 0.3) is 0 Å². The maximum atomic E-state index is 12.8. The number of unbranched alkanes of at least 4 members (excludes halogenated alkanes) is 25. The minimum atomic E-state index is -0.212. The van der Waals surface area contributed by atoms with Crippen LogP contribution in [0.3, 0.4) is 0 Å². The molecule has 0 spiro atoms. The van der Waals surface area contributed by atoms with E-state index in [0.717, 1.165) is 84.2 Å². The predicted molar refractivity (Wildman–Crippen MR) is 239 cm³/mol. The van der Waals surface area contributed by atoms with Gasteiger partial charge in [-0.1, -0.05) is 168 Å². The van der Waals surface area contributed by atoms with Gasteiger partial charge in [0, 0.05) is 26.2 Å². The summed E-state index contributed by atoms with van der Waals surface area (Å²) in [6, 6.07) is 0. The summed E-state index contributed by atoms with van der Waals surface area (Å²) in [4.78, 5) is 41.2. The Morgan fingerprint density at radius 3 is 1.39 bits per heavy atom. The van der Waals surface area contributed by atoms with Crippen LogP contribution in [-0.4, -0.2) is 86.3 Å². The number of carbonyl (C=O) groups is 3. The maximum Gasteiger partial charge on any atom is 0.306 e. The summed E-state index contributed by atoms with van der Waals surface area (Å²) in [5.41, 5.74) is 0. The van der Waals surface area contributed by atoms with Crippen LogP contribution in [-0.2, 0) is 28.6 Å². The van der Waals surface area contributed by atoms with Crippen LogP contribution in [0.2, 0.25) is 0 Å². The summed E-state index contributed by atoms with van der Waals surface area (Å²) in [6.45, 7) is 12.1. The number of carbonyl (C=O) groups excluding carboxylic acids is 3. The highest BCUT2D eigenvalue weighted by Crippen LogP contribution is 2.19. The highest BCUT2D eigenvalue weighted by molar-refractivity contribution is 5.98. The first-order chi connectivity index (χ1) is 28.0. The molecule has 1 fully saturated rings. The van der Waals surface area contributed by atoms with Gasteiger partial charge < -0.3 is 19.1 Å². The molecule has 0 aromatic rings. The number of imide groups is 1. The van der Waals surface area contributed by atoms with Gasteiger partial charge in [0.15, 0.2) is 0 Å². The van der Waals surface area contributed by atoms with E-state index in [0.29, 0.717) is 13.0 Å². The number of nitrogens with zero attached hydrogens (tertiary/aromatic N) is 2. The van der Waals surface area contributed by atoms with Crippen molar-refractivity contribution < 1.29 is 28.6 Å². The molecule has 0 N–H and O–H groups in total. The van der Waals surface area contributed by atoms with Crippen LogP contribution in [0.5, 0.6) is 0 Å². The molecule has 1 aliphatic heterocycles. The van der Waals surface area contributed by atoms with Crippen molar-refractivity contribution in [3.63, 3.8) is 0 Å². The van der Waals surface area contributed by atoms with E-state index in [4.69, 9.17) is 14.2 Å². The first-order valence-electron chi connectivity index (χ1n) is 24.9. The monoisotopic (exact) mass is 807 g/mol. The van der Waals surface area contributed by atoms with E-state index in [9.17, 15) is 14.4 Å². The summed E-state index contributed by atoms with van der Waals surface area (Å²) < 4.78 is 17.0. The van der Waals surface area contributed by atoms with Crippen molar-refractivity contribution in [1.82, 2.24) is 9.80 Å². The van der Waals surface area contributed by atoms with E-state index in [1.54, 1.807) is 0 Å². The number of amides is 2. The summed E-state index contributed by atoms with van der Waals surface area (Å²) >= 11 is 0. The molecule has 0 saturated carbocycles. The van der Waals surface area contributed by atoms with Crippen LogP contribution in [0.4, 0.5) is 0 Å². The third-order valence-electron chi connectivity index (χ3n) is 11.7. The molecular weight excluding hydrogens is 713 g/mol. The fourth-order valence-corrected chi connectivity index (χ4v) is 8.01. The lowest BCUT2D eigenvalue weighted by molar-refractivity contribution is -0.158. The van der Waals surface area contributed by atoms with Gasteiger partial charge in [0.1, 0.15) is 19.3 Å². The topological polar surface area (TPSA) is 85.4 Å². The quantitative estimate of drug-likeness (QED) is 0.0344. The molecule has 0 aliphatic carbocycles. The number of ether oxygens (including phenoxy) is 3. The second-order valence-corrected chi connectivity index (χ2v) is 17.2. The lowest BCUT2D eigenvalue weighted by Gasteiger charge is -2.27. The average molecular weight is 807 g/mol. The predicted octanol–water partition coefficient (Wildman–Crippen LogP) is 12.9. The number of hydrogen-bond donors (Lipinski definition) is 0. The first kappa shape index (κ1) is 53.5. The van der Waals surface area contributed by atoms with E-state index >= 15 is 0 Å². The van der Waals surface area contributed by atoms with Crippen LogP contribution in [0.1, 0.15) is 239 Å². The Hall–Kier alpha value is -1.51. The largest absolute Gasteiger partial charge is 0.462 e. The Bertz CT molecular complexity index is 884. The number of hydrogen-bond acceptors (Lipinski definition) is 7. The lowest BCUT2D eigenvalue weighted by atomic mass is 10.0. The van der Waals surface area contributed by atoms with Gasteiger partial charge in [0.25, 0.3) is 11.8 Å². The van der Waals surface area contributed by atoms with Gasteiger partial charge >= 0.3 is 5.97 Å². The van der Waals surface area contributed by atoms with Crippen molar-refractivity contribution >= 4 is 17.8 Å². The Morgan fingerprint density at radius 1 is 0.526 bits per heavy atom. The third-order valence-corrected chi connectivity index (χ3v) is 11.7. The zero-order valence-corrected chi connectivity index (χ0v) is 38.1. The SMILES string of the molecule is CCCCCCCCCOCCCCCCCCN(CCCCCCCC(=O)OC(CCCCCCCC)CCCCCCCC)CCCN1C(=O)COCC1=O. The van der Waals surface area contributed by atoms with Crippen molar-refractivity contribution in [3.8, 4) is 0 Å². The Morgan fingerprint density at radius 2 is 0.912 bits per heavy atom. The van der Waals surface area contributed by atoms with Crippen molar-refractivity contribution in [1.29, 1.82) is 0 Å². The average Bonchev–Trinajstić information content (AvgIpc) is 3.20. The van der Waals surface area contributed by atoms with E-state index in [2.05, 4.69) is 25.7 Å². The molecule has 0 aromatic carbocycles. The molecule has 8 heteroatoms. The molecule has 0 unspecified atom stereocenters. The number of rotatable bonds is 44. The van der Waals surface area contributed by atoms with Crippen LogP contribution in [0.15, 0.2) is 0 Å². The lowest BCUT2D eigenvalue weighted by Crippen LogP contribution is -2.47. The van der Waals surface area contributed by atoms with Gasteiger partial charge in [-0.15, -0.1) is 0 Å². The van der Waals surface area contributed by atoms with Gasteiger partial charge in [0.2, 0.25) is 0 Å². The Labute approximate surface area is 353 Å². The van der Waals surface area contributed by atoms with Crippen molar-refractivity contribution in [2.24, 2.45) is 0 Å². The minimum absolute atomic E-state index is 0.00695. The standard InChI is InChI=1S/C49H94N2O6/c1-4-7-10-13-17-25-32-42-55-43-33-26-18-16-23-30-38-50(40-34-41-51-47(52)44-56-45-48(51)53)39-31-24-19-22-29-37-49(54)57-46(35-27-20-14-11-8-5-2)36-28-21-15-12-9-6-3/h46H,4-45H2,1-3H3. The van der Waals surface area contributed by atoms with E-state index in [-0.39, 0.29) is 37.1 Å². The van der Waals surface area contributed by atoms with Crippen LogP contribution >= 0.6 is 0 Å². The van der Waals surface area contributed by atoms with Crippen molar-refractivity contribution in [3.05, 3.63) is 0 Å². The normalized spacial score (nSPS) is 13.5. The van der Waals surface area contributed by atoms with E-state index in [1.807, 2.05) is 0 Å². The van der Waals surface area contributed by atoms with Gasteiger partial charge in [0.05, 0.1) is 0 Å².